The van der Waals surface area contributed by atoms with Crippen LogP contribution in [0.15, 0.2) is 40.3 Å². The zero-order valence-electron chi connectivity index (χ0n) is 15.8. The minimum atomic E-state index is -0.0643. The smallest absolute Gasteiger partial charge is 0.257 e. The van der Waals surface area contributed by atoms with Gasteiger partial charge in [-0.25, -0.2) is 4.98 Å². The summed E-state index contributed by atoms with van der Waals surface area (Å²) in [5.41, 5.74) is 3.16. The number of nitrogens with zero attached hydrogens (tertiary/aromatic N) is 4. The zero-order valence-corrected chi connectivity index (χ0v) is 16.7. The van der Waals surface area contributed by atoms with Crippen molar-refractivity contribution < 1.29 is 4.79 Å². The van der Waals surface area contributed by atoms with E-state index in [2.05, 4.69) is 17.0 Å². The molecule has 1 aromatic carbocycles. The maximum Gasteiger partial charge on any atom is 0.257 e. The van der Waals surface area contributed by atoms with E-state index in [1.165, 1.54) is 5.69 Å². The van der Waals surface area contributed by atoms with Crippen molar-refractivity contribution in [2.24, 2.45) is 0 Å². The number of anilines is 1. The summed E-state index contributed by atoms with van der Waals surface area (Å²) >= 11 is 1.62. The van der Waals surface area contributed by atoms with Crippen molar-refractivity contribution >= 4 is 23.4 Å². The molecule has 6 nitrogen and oxygen atoms in total. The van der Waals surface area contributed by atoms with Crippen molar-refractivity contribution in [1.29, 1.82) is 0 Å². The Hall–Kier alpha value is -2.28. The van der Waals surface area contributed by atoms with Gasteiger partial charge in [0.25, 0.3) is 5.56 Å². The molecular formula is C21H24N4O2S. The van der Waals surface area contributed by atoms with Crippen LogP contribution < -0.4 is 10.5 Å². The number of carbonyl (C=O) groups excluding carboxylic acids is 1. The second-order valence-electron chi connectivity index (χ2n) is 7.72. The van der Waals surface area contributed by atoms with Gasteiger partial charge in [-0.05, 0) is 31.4 Å². The van der Waals surface area contributed by atoms with Crippen molar-refractivity contribution in [3.8, 4) is 0 Å². The minimum Gasteiger partial charge on any atom is -0.368 e. The fraction of sp³-hybridized carbons (Fsp3) is 0.476. The summed E-state index contributed by atoms with van der Waals surface area (Å²) in [6.07, 6.45) is 3.15. The van der Waals surface area contributed by atoms with Gasteiger partial charge in [0.2, 0.25) is 5.91 Å². The number of rotatable bonds is 3. The van der Waals surface area contributed by atoms with Crippen LogP contribution in [0, 0.1) is 0 Å². The highest BCUT2D eigenvalue weighted by molar-refractivity contribution is 7.99. The Morgan fingerprint density at radius 1 is 1.11 bits per heavy atom. The lowest BCUT2D eigenvalue weighted by molar-refractivity contribution is -0.132. The Balaban J connectivity index is 1.25. The van der Waals surface area contributed by atoms with E-state index in [0.29, 0.717) is 6.42 Å². The SMILES string of the molecule is O=C(C[C@H]1CSc2nc3c(c(=O)n21)CCC3)N1CCN(c2ccccc2)CC1. The maximum absolute atomic E-state index is 12.9. The molecule has 1 aromatic heterocycles. The van der Waals surface area contributed by atoms with E-state index < -0.39 is 0 Å². The van der Waals surface area contributed by atoms with Gasteiger partial charge in [-0.15, -0.1) is 0 Å². The average molecular weight is 397 g/mol. The standard InChI is InChI=1S/C21H24N4O2S/c26-19(24-11-9-23(10-12-24)15-5-2-1-3-6-15)13-16-14-28-21-22-18-8-4-7-17(18)20(27)25(16)21/h1-3,5-6,16H,4,7-14H2/t16-/m0/s1. The predicted octanol–water partition coefficient (Wildman–Crippen LogP) is 2.12. The summed E-state index contributed by atoms with van der Waals surface area (Å²) in [6.45, 7) is 3.16. The van der Waals surface area contributed by atoms with E-state index in [-0.39, 0.29) is 17.5 Å². The van der Waals surface area contributed by atoms with Crippen LogP contribution in [0.4, 0.5) is 5.69 Å². The summed E-state index contributed by atoms with van der Waals surface area (Å²) in [6, 6.07) is 10.3. The van der Waals surface area contributed by atoms with Gasteiger partial charge < -0.3 is 9.80 Å². The first-order chi connectivity index (χ1) is 13.7. The molecular weight excluding hydrogens is 372 g/mol. The molecule has 2 aliphatic heterocycles. The van der Waals surface area contributed by atoms with E-state index >= 15 is 0 Å². The molecule has 0 saturated carbocycles. The molecule has 3 aliphatic rings. The third-order valence-electron chi connectivity index (χ3n) is 6.04. The van der Waals surface area contributed by atoms with Gasteiger partial charge in [-0.1, -0.05) is 30.0 Å². The number of aryl methyl sites for hydroxylation is 1. The van der Waals surface area contributed by atoms with Gasteiger partial charge in [0, 0.05) is 49.6 Å². The van der Waals surface area contributed by atoms with Crippen LogP contribution in [0.3, 0.4) is 0 Å². The highest BCUT2D eigenvalue weighted by Gasteiger charge is 2.32. The van der Waals surface area contributed by atoms with E-state index in [9.17, 15) is 9.59 Å². The first kappa shape index (κ1) is 17.8. The van der Waals surface area contributed by atoms with Crippen LogP contribution in [-0.4, -0.2) is 52.3 Å². The number of amides is 1. The average Bonchev–Trinajstić information content (AvgIpc) is 3.36. The van der Waals surface area contributed by atoms with Gasteiger partial charge in [0.1, 0.15) is 0 Å². The molecule has 0 unspecified atom stereocenters. The summed E-state index contributed by atoms with van der Waals surface area (Å²) < 4.78 is 1.80. The molecule has 1 atom stereocenters. The number of para-hydroxylation sites is 1. The second-order valence-corrected chi connectivity index (χ2v) is 8.71. The number of thioether (sulfide) groups is 1. The molecule has 146 valence electrons. The zero-order chi connectivity index (χ0) is 19.1. The Morgan fingerprint density at radius 3 is 2.68 bits per heavy atom. The molecule has 5 rings (SSSR count). The molecule has 28 heavy (non-hydrogen) atoms. The van der Waals surface area contributed by atoms with Crippen LogP contribution in [0.5, 0.6) is 0 Å². The molecule has 7 heteroatoms. The summed E-state index contributed by atoms with van der Waals surface area (Å²) in [5.74, 6) is 0.916. The lowest BCUT2D eigenvalue weighted by Gasteiger charge is -2.36. The highest BCUT2D eigenvalue weighted by Crippen LogP contribution is 2.34. The highest BCUT2D eigenvalue weighted by atomic mass is 32.2. The first-order valence-corrected chi connectivity index (χ1v) is 11.0. The van der Waals surface area contributed by atoms with E-state index in [4.69, 9.17) is 4.98 Å². The molecule has 0 radical (unpaired) electrons. The normalized spacial score (nSPS) is 20.9. The third kappa shape index (κ3) is 3.11. The Bertz CT molecular complexity index is 951. The minimum absolute atomic E-state index is 0.0643. The predicted molar refractivity (Wildman–Crippen MR) is 110 cm³/mol. The molecule has 0 N–H and O–H groups in total. The van der Waals surface area contributed by atoms with Gasteiger partial charge in [-0.2, -0.15) is 0 Å². The molecule has 2 aromatic rings. The number of benzene rings is 1. The molecule has 1 fully saturated rings. The van der Waals surface area contributed by atoms with Crippen molar-refractivity contribution in [2.45, 2.75) is 36.9 Å². The summed E-state index contributed by atoms with van der Waals surface area (Å²) in [4.78, 5) is 34.8. The van der Waals surface area contributed by atoms with Crippen LogP contribution >= 0.6 is 11.8 Å². The molecule has 1 amide bonds. The van der Waals surface area contributed by atoms with E-state index in [1.54, 1.807) is 16.3 Å². The lowest BCUT2D eigenvalue weighted by Crippen LogP contribution is -2.49. The largest absolute Gasteiger partial charge is 0.368 e. The first-order valence-electron chi connectivity index (χ1n) is 10.1. The number of piperazine rings is 1. The van der Waals surface area contributed by atoms with Crippen molar-refractivity contribution in [2.75, 3.05) is 36.8 Å². The van der Waals surface area contributed by atoms with Gasteiger partial charge >= 0.3 is 0 Å². The van der Waals surface area contributed by atoms with E-state index in [1.807, 2.05) is 23.1 Å². The Kier molecular flexibility index (Phi) is 4.62. The molecule has 0 spiro atoms. The van der Waals surface area contributed by atoms with Gasteiger partial charge in [0.15, 0.2) is 5.16 Å². The lowest BCUT2D eigenvalue weighted by atomic mass is 10.1. The number of carbonyl (C=O) groups is 1. The number of aromatic nitrogens is 2. The fourth-order valence-corrected chi connectivity index (χ4v) is 5.64. The number of fused-ring (bicyclic) bond motifs is 2. The van der Waals surface area contributed by atoms with Crippen molar-refractivity contribution in [3.05, 3.63) is 51.9 Å². The third-order valence-corrected chi connectivity index (χ3v) is 7.13. The number of hydrogen-bond donors (Lipinski definition) is 0. The Morgan fingerprint density at radius 2 is 1.89 bits per heavy atom. The monoisotopic (exact) mass is 396 g/mol. The quantitative estimate of drug-likeness (QED) is 0.744. The molecule has 0 bridgehead atoms. The van der Waals surface area contributed by atoms with Crippen LogP contribution in [-0.2, 0) is 17.6 Å². The topological polar surface area (TPSA) is 58.4 Å². The van der Waals surface area contributed by atoms with Crippen molar-refractivity contribution in [1.82, 2.24) is 14.5 Å². The molecule has 1 aliphatic carbocycles. The second kappa shape index (κ2) is 7.28. The van der Waals surface area contributed by atoms with Gasteiger partial charge in [-0.3, -0.25) is 14.2 Å². The van der Waals surface area contributed by atoms with Crippen LogP contribution in [0.25, 0.3) is 0 Å². The molecule has 3 heterocycles. The molecule has 1 saturated heterocycles. The summed E-state index contributed by atoms with van der Waals surface area (Å²) in [7, 11) is 0. The fourth-order valence-electron chi connectivity index (χ4n) is 4.49. The van der Waals surface area contributed by atoms with Gasteiger partial charge in [0.05, 0.1) is 11.7 Å². The van der Waals surface area contributed by atoms with Crippen LogP contribution in [0.2, 0.25) is 0 Å². The van der Waals surface area contributed by atoms with Crippen LogP contribution in [0.1, 0.15) is 30.1 Å². The van der Waals surface area contributed by atoms with Crippen molar-refractivity contribution in [3.63, 3.8) is 0 Å². The summed E-state index contributed by atoms with van der Waals surface area (Å²) in [5, 5.41) is 0.803. The Labute approximate surface area is 168 Å². The maximum atomic E-state index is 12.9. The van der Waals surface area contributed by atoms with E-state index in [0.717, 1.165) is 67.6 Å². The number of hydrogen-bond acceptors (Lipinski definition) is 5.